The molecule has 0 aromatic carbocycles. The van der Waals surface area contributed by atoms with Gasteiger partial charge in [-0.25, -0.2) is 4.79 Å². The van der Waals surface area contributed by atoms with Crippen LogP contribution in [-0.2, 0) is 19.1 Å². The molecular weight excluding hydrogens is 212 g/mol. The summed E-state index contributed by atoms with van der Waals surface area (Å²) < 4.78 is 9.24. The maximum atomic E-state index is 11.2. The summed E-state index contributed by atoms with van der Waals surface area (Å²) in [5.41, 5.74) is 4.95. The van der Waals surface area contributed by atoms with Crippen LogP contribution in [0.5, 0.6) is 0 Å². The minimum Gasteiger partial charge on any atom is -0.466 e. The lowest BCUT2D eigenvalue weighted by Crippen LogP contribution is -2.16. The Kier molecular flexibility index (Phi) is 6.36. The lowest BCUT2D eigenvalue weighted by molar-refractivity contribution is -0.142. The third kappa shape index (κ3) is 4.46. The Labute approximate surface area is 93.6 Å². The van der Waals surface area contributed by atoms with Crippen LogP contribution in [0.4, 0.5) is 0 Å². The van der Waals surface area contributed by atoms with E-state index >= 15 is 0 Å². The monoisotopic (exact) mass is 226 g/mol. The number of hydrogen-bond donors (Lipinski definition) is 1. The Hall–Kier alpha value is -2.03. The number of nitriles is 1. The number of carbonyl (C=O) groups is 2. The molecule has 6 nitrogen and oxygen atoms in total. The number of rotatable bonds is 5. The Balaban J connectivity index is 4.69. The maximum absolute atomic E-state index is 11.2. The molecule has 0 aliphatic rings. The van der Waals surface area contributed by atoms with Crippen LogP contribution in [0.2, 0.25) is 0 Å². The first kappa shape index (κ1) is 14.0. The third-order valence-electron chi connectivity index (χ3n) is 1.55. The van der Waals surface area contributed by atoms with Gasteiger partial charge in [-0.1, -0.05) is 0 Å². The molecule has 16 heavy (non-hydrogen) atoms. The number of nitrogens with zero attached hydrogens (tertiary/aromatic N) is 1. The van der Waals surface area contributed by atoms with E-state index in [1.807, 2.05) is 0 Å². The SMILES string of the molecule is CCOC(=O)C/C(N)=C(/C#N)C(=O)OCC. The average molecular weight is 226 g/mol. The third-order valence-corrected chi connectivity index (χ3v) is 1.55. The second-order valence-corrected chi connectivity index (χ2v) is 2.71. The topological polar surface area (TPSA) is 102 Å². The standard InChI is InChI=1S/C10H14N2O4/c1-3-15-9(13)5-8(12)7(6-11)10(14)16-4-2/h3-5,12H2,1-2H3/b8-7+. The molecule has 0 aromatic heterocycles. The van der Waals surface area contributed by atoms with Gasteiger partial charge in [0.25, 0.3) is 0 Å². The fourth-order valence-corrected chi connectivity index (χ4v) is 0.908. The predicted octanol–water partition coefficient (Wildman–Crippen LogP) is 0.239. The van der Waals surface area contributed by atoms with Gasteiger partial charge in [-0.3, -0.25) is 4.79 Å². The van der Waals surface area contributed by atoms with Crippen molar-refractivity contribution in [2.45, 2.75) is 20.3 Å². The normalized spacial score (nSPS) is 11.1. The van der Waals surface area contributed by atoms with Crippen LogP contribution in [0, 0.1) is 11.3 Å². The van der Waals surface area contributed by atoms with Crippen molar-refractivity contribution < 1.29 is 19.1 Å². The molecular formula is C10H14N2O4. The second kappa shape index (κ2) is 7.29. The van der Waals surface area contributed by atoms with Crippen LogP contribution in [0.1, 0.15) is 20.3 Å². The molecule has 0 saturated heterocycles. The largest absolute Gasteiger partial charge is 0.466 e. The van der Waals surface area contributed by atoms with Crippen molar-refractivity contribution in [3.05, 3.63) is 11.3 Å². The molecule has 0 aliphatic heterocycles. The molecule has 0 rings (SSSR count). The van der Waals surface area contributed by atoms with Gasteiger partial charge in [0.15, 0.2) is 5.57 Å². The number of nitrogens with two attached hydrogens (primary N) is 1. The van der Waals surface area contributed by atoms with E-state index in [9.17, 15) is 9.59 Å². The van der Waals surface area contributed by atoms with Crippen molar-refractivity contribution in [3.8, 4) is 6.07 Å². The molecule has 0 saturated carbocycles. The second-order valence-electron chi connectivity index (χ2n) is 2.71. The van der Waals surface area contributed by atoms with Gasteiger partial charge in [0.1, 0.15) is 6.07 Å². The molecule has 0 radical (unpaired) electrons. The Morgan fingerprint density at radius 3 is 2.25 bits per heavy atom. The highest BCUT2D eigenvalue weighted by Crippen LogP contribution is 2.06. The lowest BCUT2D eigenvalue weighted by Gasteiger charge is -2.05. The first-order valence-corrected chi connectivity index (χ1v) is 4.78. The zero-order chi connectivity index (χ0) is 12.6. The number of ether oxygens (including phenoxy) is 2. The number of hydrogen-bond acceptors (Lipinski definition) is 6. The quantitative estimate of drug-likeness (QED) is 0.409. The van der Waals surface area contributed by atoms with Crippen LogP contribution < -0.4 is 5.73 Å². The summed E-state index contributed by atoms with van der Waals surface area (Å²) in [5, 5.41) is 8.70. The molecule has 0 fully saturated rings. The van der Waals surface area contributed by atoms with E-state index in [2.05, 4.69) is 9.47 Å². The molecule has 0 spiro atoms. The summed E-state index contributed by atoms with van der Waals surface area (Å²) in [5.74, 6) is -1.41. The average Bonchev–Trinajstić information content (AvgIpc) is 2.19. The van der Waals surface area contributed by atoms with Crippen molar-refractivity contribution in [3.63, 3.8) is 0 Å². The van der Waals surface area contributed by atoms with E-state index in [0.717, 1.165) is 0 Å². The van der Waals surface area contributed by atoms with E-state index in [-0.39, 0.29) is 30.9 Å². The molecule has 0 heterocycles. The summed E-state index contributed by atoms with van der Waals surface area (Å²) in [7, 11) is 0. The lowest BCUT2D eigenvalue weighted by atomic mass is 10.2. The molecule has 0 aliphatic carbocycles. The van der Waals surface area contributed by atoms with E-state index in [0.29, 0.717) is 0 Å². The number of carbonyl (C=O) groups excluding carboxylic acids is 2. The fourth-order valence-electron chi connectivity index (χ4n) is 0.908. The predicted molar refractivity (Wildman–Crippen MR) is 54.7 cm³/mol. The van der Waals surface area contributed by atoms with Crippen molar-refractivity contribution in [2.75, 3.05) is 13.2 Å². The molecule has 0 bridgehead atoms. The number of esters is 2. The molecule has 0 atom stereocenters. The minimum atomic E-state index is -0.827. The van der Waals surface area contributed by atoms with Crippen molar-refractivity contribution in [1.29, 1.82) is 5.26 Å². The van der Waals surface area contributed by atoms with Crippen LogP contribution in [-0.4, -0.2) is 25.2 Å². The molecule has 88 valence electrons. The highest BCUT2D eigenvalue weighted by Gasteiger charge is 2.17. The fraction of sp³-hybridized carbons (Fsp3) is 0.500. The maximum Gasteiger partial charge on any atom is 0.350 e. The van der Waals surface area contributed by atoms with Gasteiger partial charge in [0, 0.05) is 5.70 Å². The van der Waals surface area contributed by atoms with Crippen molar-refractivity contribution >= 4 is 11.9 Å². The van der Waals surface area contributed by atoms with Crippen molar-refractivity contribution in [2.24, 2.45) is 5.73 Å². The molecule has 0 unspecified atom stereocenters. The van der Waals surface area contributed by atoms with Gasteiger partial charge >= 0.3 is 11.9 Å². The van der Waals surface area contributed by atoms with Gasteiger partial charge in [-0.15, -0.1) is 0 Å². The molecule has 0 amide bonds. The highest BCUT2D eigenvalue weighted by molar-refractivity contribution is 5.94. The summed E-state index contributed by atoms with van der Waals surface area (Å²) >= 11 is 0. The van der Waals surface area contributed by atoms with E-state index in [1.165, 1.54) is 0 Å². The zero-order valence-electron chi connectivity index (χ0n) is 9.28. The van der Waals surface area contributed by atoms with Crippen molar-refractivity contribution in [1.82, 2.24) is 0 Å². The molecule has 6 heteroatoms. The highest BCUT2D eigenvalue weighted by atomic mass is 16.5. The van der Waals surface area contributed by atoms with Gasteiger partial charge in [0.05, 0.1) is 19.6 Å². The van der Waals surface area contributed by atoms with E-state index in [4.69, 9.17) is 11.0 Å². The first-order valence-electron chi connectivity index (χ1n) is 4.78. The van der Waals surface area contributed by atoms with Gasteiger partial charge in [-0.2, -0.15) is 5.26 Å². The van der Waals surface area contributed by atoms with Crippen LogP contribution in [0.25, 0.3) is 0 Å². The Morgan fingerprint density at radius 1 is 1.25 bits per heavy atom. The van der Waals surface area contributed by atoms with E-state index in [1.54, 1.807) is 19.9 Å². The zero-order valence-corrected chi connectivity index (χ0v) is 9.28. The molecule has 0 aromatic rings. The Morgan fingerprint density at radius 2 is 1.81 bits per heavy atom. The smallest absolute Gasteiger partial charge is 0.350 e. The van der Waals surface area contributed by atoms with Crippen LogP contribution in [0.3, 0.4) is 0 Å². The summed E-state index contributed by atoms with van der Waals surface area (Å²) in [6, 6.07) is 1.61. The summed E-state index contributed by atoms with van der Waals surface area (Å²) in [6.07, 6.45) is -0.296. The van der Waals surface area contributed by atoms with Gasteiger partial charge in [-0.05, 0) is 13.8 Å². The van der Waals surface area contributed by atoms with Gasteiger partial charge in [0.2, 0.25) is 0 Å². The van der Waals surface area contributed by atoms with Crippen LogP contribution in [0.15, 0.2) is 11.3 Å². The van der Waals surface area contributed by atoms with Gasteiger partial charge < -0.3 is 15.2 Å². The first-order chi connectivity index (χ1) is 7.56. The minimum absolute atomic E-state index is 0.136. The Bertz CT molecular complexity index is 341. The van der Waals surface area contributed by atoms with E-state index < -0.39 is 11.9 Å². The molecule has 2 N–H and O–H groups in total. The summed E-state index contributed by atoms with van der Waals surface area (Å²) in [6.45, 7) is 3.60. The van der Waals surface area contributed by atoms with Crippen LogP contribution >= 0.6 is 0 Å². The summed E-state index contributed by atoms with van der Waals surface area (Å²) in [4.78, 5) is 22.3.